The highest BCUT2D eigenvalue weighted by molar-refractivity contribution is 7.10. The minimum atomic E-state index is 0.528. The number of aromatic nitrogens is 1. The Morgan fingerprint density at radius 2 is 2.75 bits per heavy atom. The Bertz CT molecular complexity index is 208. The molecule has 0 fully saturated rings. The molecular formula is C4H2N2OS. The van der Waals surface area contributed by atoms with Crippen LogP contribution in [-0.4, -0.2) is 4.98 Å². The van der Waals surface area contributed by atoms with Crippen molar-refractivity contribution in [1.29, 1.82) is 0 Å². The molecule has 0 bridgehead atoms. The van der Waals surface area contributed by atoms with E-state index in [1.165, 1.54) is 11.3 Å². The van der Waals surface area contributed by atoms with Gasteiger partial charge in [0.2, 0.25) is 5.01 Å². The Hall–Kier alpha value is -1.08. The Labute approximate surface area is 50.0 Å². The van der Waals surface area contributed by atoms with E-state index in [0.717, 1.165) is 0 Å². The highest BCUT2D eigenvalue weighted by Gasteiger charge is 1.92. The van der Waals surface area contributed by atoms with Gasteiger partial charge in [0, 0.05) is 16.6 Å². The van der Waals surface area contributed by atoms with Crippen LogP contribution in [-0.2, 0) is 0 Å². The third kappa shape index (κ3) is 0.950. The molecule has 0 saturated heterocycles. The predicted molar refractivity (Wildman–Crippen MR) is 31.8 cm³/mol. The molecule has 0 unspecified atom stereocenters. The number of nitrogens with zero attached hydrogens (tertiary/aromatic N) is 2. The summed E-state index contributed by atoms with van der Waals surface area (Å²) in [5.41, 5.74) is 0. The van der Waals surface area contributed by atoms with Gasteiger partial charge in [-0.2, -0.15) is 0 Å². The standard InChI is InChI=1S/C4H2N2OS/c7-6-3-4-5-1-2-8-4/h1-2H. The first-order valence-electron chi connectivity index (χ1n) is 1.91. The number of hydrogen-bond donors (Lipinski definition) is 0. The fourth-order valence-electron chi connectivity index (χ4n) is 0.318. The summed E-state index contributed by atoms with van der Waals surface area (Å²) >= 11 is 1.33. The van der Waals surface area contributed by atoms with E-state index in [2.05, 4.69) is 16.1 Å². The smallest absolute Gasteiger partial charge is 0.368 e. The molecule has 1 heterocycles. The second-order valence-corrected chi connectivity index (χ2v) is 1.93. The van der Waals surface area contributed by atoms with Gasteiger partial charge in [0.25, 0.3) is 0 Å². The van der Waals surface area contributed by atoms with Gasteiger partial charge in [0.05, 0.1) is 0 Å². The molecule has 4 heteroatoms. The SMILES string of the molecule is [O-][N+]#Cc1nccs1. The molecule has 1 rings (SSSR count). The predicted octanol–water partition coefficient (Wildman–Crippen LogP) is 1.32. The van der Waals surface area contributed by atoms with Crippen LogP contribution in [0.3, 0.4) is 0 Å². The molecule has 8 heavy (non-hydrogen) atoms. The summed E-state index contributed by atoms with van der Waals surface area (Å²) in [5, 5.41) is 14.2. The molecule has 0 atom stereocenters. The normalized spacial score (nSPS) is 7.50. The molecule has 1 aromatic heterocycles. The van der Waals surface area contributed by atoms with Crippen LogP contribution in [0.25, 0.3) is 5.01 Å². The van der Waals surface area contributed by atoms with E-state index in [9.17, 15) is 5.21 Å². The Kier molecular flexibility index (Phi) is 1.45. The lowest BCUT2D eigenvalue weighted by atomic mass is 10.8. The van der Waals surface area contributed by atoms with Crippen LogP contribution in [0, 0.1) is 11.3 Å². The van der Waals surface area contributed by atoms with E-state index in [-0.39, 0.29) is 0 Å². The van der Waals surface area contributed by atoms with Crippen molar-refractivity contribution in [1.82, 2.24) is 4.98 Å². The third-order valence-corrected chi connectivity index (χ3v) is 1.25. The largest absolute Gasteiger partial charge is 0.498 e. The molecule has 0 N–H and O–H groups in total. The zero-order valence-electron chi connectivity index (χ0n) is 3.87. The minimum Gasteiger partial charge on any atom is -0.498 e. The molecule has 3 nitrogen and oxygen atoms in total. The number of rotatable bonds is 0. The molecule has 0 aliphatic heterocycles. The Balaban J connectivity index is 2.88. The molecule has 0 aromatic carbocycles. The van der Waals surface area contributed by atoms with Gasteiger partial charge in [-0.25, -0.2) is 4.98 Å². The Morgan fingerprint density at radius 1 is 1.88 bits per heavy atom. The summed E-state index contributed by atoms with van der Waals surface area (Å²) in [6, 6.07) is 2.16. The summed E-state index contributed by atoms with van der Waals surface area (Å²) in [5.74, 6) is 0. The van der Waals surface area contributed by atoms with Crippen molar-refractivity contribution in [2.75, 3.05) is 0 Å². The van der Waals surface area contributed by atoms with Crippen LogP contribution in [0.1, 0.15) is 5.01 Å². The van der Waals surface area contributed by atoms with Crippen LogP contribution < -0.4 is 0 Å². The minimum absolute atomic E-state index is 0.528. The zero-order chi connectivity index (χ0) is 5.82. The summed E-state index contributed by atoms with van der Waals surface area (Å²) in [6.45, 7) is 0. The van der Waals surface area contributed by atoms with E-state index in [1.54, 1.807) is 11.6 Å². The molecule has 0 radical (unpaired) electrons. The summed E-state index contributed by atoms with van der Waals surface area (Å²) in [7, 11) is 0. The average Bonchev–Trinajstić information content (AvgIpc) is 2.19. The van der Waals surface area contributed by atoms with E-state index < -0.39 is 0 Å². The maximum Gasteiger partial charge on any atom is 0.368 e. The van der Waals surface area contributed by atoms with Crippen molar-refractivity contribution in [3.05, 3.63) is 26.8 Å². The molecule has 0 amide bonds. The number of thiazole rings is 1. The van der Waals surface area contributed by atoms with Crippen LogP contribution in [0.2, 0.25) is 0 Å². The molecule has 40 valence electrons. The first-order chi connectivity index (χ1) is 3.93. The zero-order valence-corrected chi connectivity index (χ0v) is 4.68. The van der Waals surface area contributed by atoms with Crippen molar-refractivity contribution in [3.63, 3.8) is 0 Å². The van der Waals surface area contributed by atoms with Crippen LogP contribution >= 0.6 is 11.3 Å². The second kappa shape index (κ2) is 2.28. The summed E-state index contributed by atoms with van der Waals surface area (Å²) in [6.07, 6.45) is 1.60. The van der Waals surface area contributed by atoms with Crippen molar-refractivity contribution in [2.24, 2.45) is 0 Å². The molecule has 1 aromatic rings. The van der Waals surface area contributed by atoms with Crippen molar-refractivity contribution >= 4 is 11.3 Å². The van der Waals surface area contributed by atoms with Gasteiger partial charge in [0.15, 0.2) is 0 Å². The third-order valence-electron chi connectivity index (χ3n) is 0.574. The topological polar surface area (TPSA) is 40.3 Å². The van der Waals surface area contributed by atoms with Crippen LogP contribution in [0.4, 0.5) is 0 Å². The van der Waals surface area contributed by atoms with Gasteiger partial charge in [-0.05, 0) is 0 Å². The van der Waals surface area contributed by atoms with E-state index in [4.69, 9.17) is 0 Å². The lowest BCUT2D eigenvalue weighted by Gasteiger charge is -1.59. The van der Waals surface area contributed by atoms with Gasteiger partial charge >= 0.3 is 6.07 Å². The van der Waals surface area contributed by atoms with Crippen molar-refractivity contribution < 1.29 is 0 Å². The van der Waals surface area contributed by atoms with E-state index in [0.29, 0.717) is 5.01 Å². The van der Waals surface area contributed by atoms with Gasteiger partial charge < -0.3 is 5.21 Å². The molecule has 0 saturated carbocycles. The molecular weight excluding hydrogens is 124 g/mol. The fourth-order valence-corrected chi connectivity index (χ4v) is 0.780. The van der Waals surface area contributed by atoms with Crippen molar-refractivity contribution in [2.45, 2.75) is 0 Å². The lowest BCUT2D eigenvalue weighted by Crippen LogP contribution is -1.62. The van der Waals surface area contributed by atoms with Crippen LogP contribution in [0.15, 0.2) is 11.6 Å². The van der Waals surface area contributed by atoms with Gasteiger partial charge in [-0.3, -0.25) is 0 Å². The van der Waals surface area contributed by atoms with Gasteiger partial charge in [-0.1, -0.05) is 0 Å². The average molecular weight is 126 g/mol. The highest BCUT2D eigenvalue weighted by atomic mass is 32.1. The van der Waals surface area contributed by atoms with E-state index >= 15 is 0 Å². The molecule has 0 spiro atoms. The van der Waals surface area contributed by atoms with Crippen molar-refractivity contribution in [3.8, 4) is 6.07 Å². The lowest BCUT2D eigenvalue weighted by molar-refractivity contribution is 1.39. The van der Waals surface area contributed by atoms with Gasteiger partial charge in [0.1, 0.15) is 0 Å². The second-order valence-electron chi connectivity index (χ2n) is 1.04. The van der Waals surface area contributed by atoms with Gasteiger partial charge in [-0.15, -0.1) is 11.3 Å². The maximum absolute atomic E-state index is 9.48. The molecule has 0 aliphatic carbocycles. The fraction of sp³-hybridized carbons (Fsp3) is 0. The van der Waals surface area contributed by atoms with Crippen LogP contribution in [0.5, 0.6) is 0 Å². The number of hydrogen-bond acceptors (Lipinski definition) is 3. The summed E-state index contributed by atoms with van der Waals surface area (Å²) in [4.78, 5) is 3.72. The first kappa shape index (κ1) is 5.06. The monoisotopic (exact) mass is 126 g/mol. The Morgan fingerprint density at radius 3 is 3.25 bits per heavy atom. The maximum atomic E-state index is 9.48. The molecule has 0 aliphatic rings. The summed E-state index contributed by atoms with van der Waals surface area (Å²) < 4.78 is 0. The van der Waals surface area contributed by atoms with E-state index in [1.807, 2.05) is 0 Å². The highest BCUT2D eigenvalue weighted by Crippen LogP contribution is 2.00. The first-order valence-corrected chi connectivity index (χ1v) is 2.79. The quantitative estimate of drug-likeness (QED) is 0.492.